The van der Waals surface area contributed by atoms with Crippen molar-refractivity contribution in [3.8, 4) is 0 Å². The molecule has 0 spiro atoms. The van der Waals surface area contributed by atoms with Crippen LogP contribution in [-0.4, -0.2) is 30.7 Å². The number of halogens is 2. The fourth-order valence-corrected chi connectivity index (χ4v) is 4.15. The van der Waals surface area contributed by atoms with E-state index in [2.05, 4.69) is 5.32 Å². The van der Waals surface area contributed by atoms with Crippen LogP contribution in [0.15, 0.2) is 77.8 Å². The van der Waals surface area contributed by atoms with E-state index in [1.807, 2.05) is 60.7 Å². The van der Waals surface area contributed by atoms with E-state index in [9.17, 15) is 9.59 Å². The number of nitrogens with one attached hydrogen (secondary N) is 1. The number of anilines is 1. The van der Waals surface area contributed by atoms with E-state index in [1.54, 1.807) is 31.0 Å². The topological polar surface area (TPSA) is 61.8 Å². The van der Waals surface area contributed by atoms with Crippen molar-refractivity contribution in [2.24, 2.45) is 10.9 Å². The molecule has 2 atom stereocenters. The molecule has 168 valence electrons. The van der Waals surface area contributed by atoms with Crippen LogP contribution in [0.5, 0.6) is 0 Å². The largest absolute Gasteiger partial charge is 0.326 e. The second-order valence-corrected chi connectivity index (χ2v) is 8.84. The van der Waals surface area contributed by atoms with E-state index >= 15 is 0 Å². The van der Waals surface area contributed by atoms with Gasteiger partial charge in [-0.1, -0.05) is 84.7 Å². The van der Waals surface area contributed by atoms with Gasteiger partial charge in [0.1, 0.15) is 0 Å². The van der Waals surface area contributed by atoms with Gasteiger partial charge < -0.3 is 10.2 Å². The molecule has 0 saturated carbocycles. The Balaban J connectivity index is 1.63. The van der Waals surface area contributed by atoms with Crippen LogP contribution in [0.4, 0.5) is 5.69 Å². The molecule has 3 aromatic rings. The molecule has 33 heavy (non-hydrogen) atoms. The van der Waals surface area contributed by atoms with Gasteiger partial charge in [0.05, 0.1) is 21.4 Å². The molecule has 7 heteroatoms. The Bertz CT molecular complexity index is 1230. The first-order chi connectivity index (χ1) is 15.8. The van der Waals surface area contributed by atoms with Crippen LogP contribution < -0.4 is 10.2 Å². The Kier molecular flexibility index (Phi) is 6.82. The lowest BCUT2D eigenvalue weighted by atomic mass is 10.00. The van der Waals surface area contributed by atoms with E-state index in [-0.39, 0.29) is 11.8 Å². The number of nitrogens with zero attached hydrogens (tertiary/aromatic N) is 2. The third-order valence-corrected chi connectivity index (χ3v) is 6.38. The predicted molar refractivity (Wildman–Crippen MR) is 133 cm³/mol. The second-order valence-electron chi connectivity index (χ2n) is 8.02. The van der Waals surface area contributed by atoms with Gasteiger partial charge in [-0.05, 0) is 30.2 Å². The summed E-state index contributed by atoms with van der Waals surface area (Å²) in [5, 5.41) is 3.75. The normalized spacial score (nSPS) is 16.5. The number of rotatable bonds is 5. The Morgan fingerprint density at radius 2 is 1.73 bits per heavy atom. The Labute approximate surface area is 203 Å². The van der Waals surface area contributed by atoms with E-state index in [0.29, 0.717) is 22.2 Å². The Morgan fingerprint density at radius 1 is 1.03 bits per heavy atom. The van der Waals surface area contributed by atoms with Gasteiger partial charge >= 0.3 is 0 Å². The van der Waals surface area contributed by atoms with Gasteiger partial charge in [-0.15, -0.1) is 0 Å². The highest BCUT2D eigenvalue weighted by Crippen LogP contribution is 2.27. The van der Waals surface area contributed by atoms with Gasteiger partial charge in [-0.3, -0.25) is 9.59 Å². The van der Waals surface area contributed by atoms with Gasteiger partial charge in [0.15, 0.2) is 0 Å². The summed E-state index contributed by atoms with van der Waals surface area (Å²) >= 11 is 12.1. The summed E-state index contributed by atoms with van der Waals surface area (Å²) in [6.45, 7) is 1.80. The van der Waals surface area contributed by atoms with Crippen molar-refractivity contribution >= 4 is 46.4 Å². The van der Waals surface area contributed by atoms with Crippen LogP contribution in [0, 0.1) is 5.92 Å². The fraction of sp³-hybridized carbons (Fsp3) is 0.192. The summed E-state index contributed by atoms with van der Waals surface area (Å²) in [6.07, 6.45) is -0.587. The summed E-state index contributed by atoms with van der Waals surface area (Å²) in [5.74, 6) is -0.972. The summed E-state index contributed by atoms with van der Waals surface area (Å²) in [5.41, 5.74) is 3.99. The molecule has 5 nitrogen and oxygen atoms in total. The first-order valence-corrected chi connectivity index (χ1v) is 11.3. The van der Waals surface area contributed by atoms with Crippen LogP contribution in [0.25, 0.3) is 0 Å². The number of benzodiazepines with no additional fused rings is 1. The summed E-state index contributed by atoms with van der Waals surface area (Å²) in [4.78, 5) is 32.6. The first-order valence-electron chi connectivity index (χ1n) is 10.6. The van der Waals surface area contributed by atoms with E-state index in [4.69, 9.17) is 28.2 Å². The highest BCUT2D eigenvalue weighted by Gasteiger charge is 2.31. The molecule has 0 aliphatic carbocycles. The van der Waals surface area contributed by atoms with Crippen molar-refractivity contribution in [1.29, 1.82) is 0 Å². The van der Waals surface area contributed by atoms with Crippen molar-refractivity contribution in [2.45, 2.75) is 19.5 Å². The molecule has 1 aliphatic rings. The minimum atomic E-state index is -1.04. The van der Waals surface area contributed by atoms with Gasteiger partial charge in [-0.2, -0.15) is 0 Å². The molecule has 0 radical (unpaired) electrons. The molecule has 1 aliphatic heterocycles. The maximum atomic E-state index is 13.3. The molecule has 0 fully saturated rings. The van der Waals surface area contributed by atoms with E-state index in [0.717, 1.165) is 22.4 Å². The highest BCUT2D eigenvalue weighted by atomic mass is 35.5. The number of hydrogen-bond acceptors (Lipinski definition) is 3. The third-order valence-electron chi connectivity index (χ3n) is 5.64. The molecule has 1 heterocycles. The van der Waals surface area contributed by atoms with Crippen LogP contribution in [0.3, 0.4) is 0 Å². The summed E-state index contributed by atoms with van der Waals surface area (Å²) in [6, 6.07) is 22.5. The zero-order chi connectivity index (χ0) is 23.5. The van der Waals surface area contributed by atoms with E-state index in [1.165, 1.54) is 0 Å². The maximum absolute atomic E-state index is 13.3. The molecule has 0 bridgehead atoms. The number of fused-ring (bicyclic) bond motifs is 1. The number of carbonyl (C=O) groups is 2. The van der Waals surface area contributed by atoms with Crippen LogP contribution >= 0.6 is 23.2 Å². The number of benzene rings is 3. The SMILES string of the molecule is C[C@H](Cc1ccc(Cl)c(Cl)c1)C(=O)N[C@H]1N=C(c2ccccc2)c2ccccc2N(C)C1=O. The van der Waals surface area contributed by atoms with Crippen molar-refractivity contribution in [3.63, 3.8) is 0 Å². The third kappa shape index (κ3) is 4.95. The number of aliphatic imine (C=N–C) groups is 1. The van der Waals surface area contributed by atoms with Crippen LogP contribution in [0.1, 0.15) is 23.6 Å². The molecule has 4 rings (SSSR count). The van der Waals surface area contributed by atoms with Gasteiger partial charge in [0, 0.05) is 24.1 Å². The number of likely N-dealkylation sites (N-methyl/N-ethyl adjacent to an activating group) is 1. The van der Waals surface area contributed by atoms with Crippen molar-refractivity contribution in [2.75, 3.05) is 11.9 Å². The average Bonchev–Trinajstić information content (AvgIpc) is 2.92. The Morgan fingerprint density at radius 3 is 2.45 bits per heavy atom. The van der Waals surface area contributed by atoms with Gasteiger partial charge in [0.2, 0.25) is 12.1 Å². The lowest BCUT2D eigenvalue weighted by Gasteiger charge is -2.22. The highest BCUT2D eigenvalue weighted by molar-refractivity contribution is 6.42. The van der Waals surface area contributed by atoms with Gasteiger partial charge in [0.25, 0.3) is 5.91 Å². The number of hydrogen-bond donors (Lipinski definition) is 1. The molecular formula is C26H23Cl2N3O2. The predicted octanol–water partition coefficient (Wildman–Crippen LogP) is 5.13. The van der Waals surface area contributed by atoms with Crippen LogP contribution in [-0.2, 0) is 16.0 Å². The number of carbonyl (C=O) groups excluding carboxylic acids is 2. The summed E-state index contributed by atoms with van der Waals surface area (Å²) < 4.78 is 0. The lowest BCUT2D eigenvalue weighted by Crippen LogP contribution is -2.47. The maximum Gasteiger partial charge on any atom is 0.272 e. The van der Waals surface area contributed by atoms with Crippen molar-refractivity contribution in [1.82, 2.24) is 5.32 Å². The first kappa shape index (κ1) is 23.0. The number of para-hydroxylation sites is 1. The zero-order valence-electron chi connectivity index (χ0n) is 18.3. The summed E-state index contributed by atoms with van der Waals surface area (Å²) in [7, 11) is 1.70. The molecule has 0 aromatic heterocycles. The molecule has 0 unspecified atom stereocenters. The second kappa shape index (κ2) is 9.77. The molecule has 0 saturated heterocycles. The fourth-order valence-electron chi connectivity index (χ4n) is 3.83. The standard InChI is InChI=1S/C26H23Cl2N3O2/c1-16(14-17-12-13-20(27)21(28)15-17)25(32)30-24-26(33)31(2)22-11-7-6-10-19(22)23(29-24)18-8-4-3-5-9-18/h3-13,15-16,24H,14H2,1-2H3,(H,30,32)/t16-,24-/m1/s1. The van der Waals surface area contributed by atoms with Crippen LogP contribution in [0.2, 0.25) is 10.0 Å². The number of amides is 2. The average molecular weight is 480 g/mol. The van der Waals surface area contributed by atoms with E-state index < -0.39 is 12.1 Å². The monoisotopic (exact) mass is 479 g/mol. The molecule has 2 amide bonds. The Hall–Kier alpha value is -3.15. The van der Waals surface area contributed by atoms with Crippen molar-refractivity contribution in [3.05, 3.63) is 99.5 Å². The lowest BCUT2D eigenvalue weighted by molar-refractivity contribution is -0.129. The molecule has 1 N–H and O–H groups in total. The molecular weight excluding hydrogens is 457 g/mol. The van der Waals surface area contributed by atoms with Crippen molar-refractivity contribution < 1.29 is 9.59 Å². The minimum absolute atomic E-state index is 0.269. The quantitative estimate of drug-likeness (QED) is 0.551. The zero-order valence-corrected chi connectivity index (χ0v) is 19.8. The molecule has 3 aromatic carbocycles. The van der Waals surface area contributed by atoms with Gasteiger partial charge in [-0.25, -0.2) is 4.99 Å². The minimum Gasteiger partial charge on any atom is -0.326 e. The smallest absolute Gasteiger partial charge is 0.272 e.